The minimum Gasteiger partial charge on any atom is -0.456 e. The molecule has 0 radical (unpaired) electrons. The first-order chi connectivity index (χ1) is 27.3. The Bertz CT molecular complexity index is 3210. The van der Waals surface area contributed by atoms with Crippen molar-refractivity contribution in [2.45, 2.75) is 0 Å². The lowest BCUT2D eigenvalue weighted by Gasteiger charge is -2.30. The quantitative estimate of drug-likeness (QED) is 0.173. The van der Waals surface area contributed by atoms with E-state index >= 15 is 0 Å². The molecule has 2 heterocycles. The van der Waals surface area contributed by atoms with E-state index in [1.165, 1.54) is 5.39 Å². The Balaban J connectivity index is 1.10. The fourth-order valence-corrected chi connectivity index (χ4v) is 8.28. The van der Waals surface area contributed by atoms with Gasteiger partial charge in [0.1, 0.15) is 22.3 Å². The van der Waals surface area contributed by atoms with E-state index < -0.39 is 0 Å². The molecule has 0 amide bonds. The van der Waals surface area contributed by atoms with Gasteiger partial charge in [-0.05, 0) is 70.6 Å². The molecule has 0 aliphatic heterocycles. The molecular formula is C52H33NO2. The zero-order valence-corrected chi connectivity index (χ0v) is 29.8. The van der Waals surface area contributed by atoms with Crippen LogP contribution in [0.1, 0.15) is 0 Å². The van der Waals surface area contributed by atoms with Crippen LogP contribution in [-0.2, 0) is 0 Å². The van der Waals surface area contributed by atoms with Gasteiger partial charge in [-0.3, -0.25) is 0 Å². The number of anilines is 3. The molecule has 0 aliphatic carbocycles. The fourth-order valence-electron chi connectivity index (χ4n) is 8.28. The van der Waals surface area contributed by atoms with Gasteiger partial charge in [0.15, 0.2) is 0 Å². The van der Waals surface area contributed by atoms with Crippen molar-refractivity contribution in [1.82, 2.24) is 0 Å². The maximum Gasteiger partial charge on any atom is 0.143 e. The number of furan rings is 2. The standard InChI is InChI=1S/C52H33NO2/c1-2-13-35(14-3-1)39-16-6-9-22-47(39)53(38-29-25-34(26-30-38)37-28-32-50-46(33-37)42-19-8-11-24-49(42)54-50)48-23-10-7-18-41(48)43-20-12-21-44-45-31-27-36-15-4-5-17-40(36)51(45)55-52(43)44/h1-33H. The first-order valence-electron chi connectivity index (χ1n) is 18.7. The van der Waals surface area contributed by atoms with Crippen molar-refractivity contribution < 1.29 is 8.83 Å². The molecule has 0 N–H and O–H groups in total. The van der Waals surface area contributed by atoms with Crippen molar-refractivity contribution in [3.63, 3.8) is 0 Å². The highest BCUT2D eigenvalue weighted by Gasteiger charge is 2.23. The van der Waals surface area contributed by atoms with Crippen LogP contribution in [0, 0.1) is 0 Å². The smallest absolute Gasteiger partial charge is 0.143 e. The van der Waals surface area contributed by atoms with Gasteiger partial charge < -0.3 is 13.7 Å². The summed E-state index contributed by atoms with van der Waals surface area (Å²) in [5.74, 6) is 0. The summed E-state index contributed by atoms with van der Waals surface area (Å²) in [6.45, 7) is 0. The average molecular weight is 704 g/mol. The first kappa shape index (κ1) is 31.2. The van der Waals surface area contributed by atoms with Crippen LogP contribution in [0.15, 0.2) is 209 Å². The van der Waals surface area contributed by atoms with Crippen LogP contribution in [0.4, 0.5) is 17.1 Å². The number of fused-ring (bicyclic) bond motifs is 8. The molecule has 0 fully saturated rings. The zero-order valence-electron chi connectivity index (χ0n) is 29.8. The molecule has 2 aromatic heterocycles. The maximum absolute atomic E-state index is 6.88. The molecule has 258 valence electrons. The molecule has 0 saturated carbocycles. The second kappa shape index (κ2) is 12.6. The number of hydrogen-bond donors (Lipinski definition) is 0. The summed E-state index contributed by atoms with van der Waals surface area (Å²) in [6, 6.07) is 71.0. The third-order valence-corrected chi connectivity index (χ3v) is 10.9. The summed E-state index contributed by atoms with van der Waals surface area (Å²) in [5, 5.41) is 6.77. The topological polar surface area (TPSA) is 29.5 Å². The highest BCUT2D eigenvalue weighted by Crippen LogP contribution is 2.47. The van der Waals surface area contributed by atoms with E-state index in [1.807, 2.05) is 12.1 Å². The molecule has 3 heteroatoms. The molecule has 3 nitrogen and oxygen atoms in total. The van der Waals surface area contributed by atoms with E-state index in [-0.39, 0.29) is 0 Å². The maximum atomic E-state index is 6.88. The molecule has 0 spiro atoms. The molecular weight excluding hydrogens is 671 g/mol. The van der Waals surface area contributed by atoms with Gasteiger partial charge >= 0.3 is 0 Å². The summed E-state index contributed by atoms with van der Waals surface area (Å²) >= 11 is 0. The van der Waals surface area contributed by atoms with Gasteiger partial charge in [0.05, 0.1) is 11.4 Å². The summed E-state index contributed by atoms with van der Waals surface area (Å²) in [4.78, 5) is 2.39. The highest BCUT2D eigenvalue weighted by molar-refractivity contribution is 6.17. The van der Waals surface area contributed by atoms with Crippen LogP contribution in [0.5, 0.6) is 0 Å². The van der Waals surface area contributed by atoms with Crippen molar-refractivity contribution in [2.24, 2.45) is 0 Å². The number of nitrogens with zero attached hydrogens (tertiary/aromatic N) is 1. The van der Waals surface area contributed by atoms with Crippen LogP contribution < -0.4 is 4.90 Å². The normalized spacial score (nSPS) is 11.6. The van der Waals surface area contributed by atoms with Crippen LogP contribution in [0.2, 0.25) is 0 Å². The van der Waals surface area contributed by atoms with E-state index in [2.05, 4.69) is 193 Å². The molecule has 0 aliphatic rings. The molecule has 0 atom stereocenters. The van der Waals surface area contributed by atoms with Crippen LogP contribution in [0.3, 0.4) is 0 Å². The third-order valence-electron chi connectivity index (χ3n) is 10.9. The van der Waals surface area contributed by atoms with Crippen molar-refractivity contribution in [3.8, 4) is 33.4 Å². The lowest BCUT2D eigenvalue weighted by Crippen LogP contribution is -2.12. The predicted molar refractivity (Wildman–Crippen MR) is 229 cm³/mol. The van der Waals surface area contributed by atoms with Crippen LogP contribution in [0.25, 0.3) is 88.0 Å². The van der Waals surface area contributed by atoms with Gasteiger partial charge in [-0.1, -0.05) is 152 Å². The number of benzene rings is 9. The summed E-state index contributed by atoms with van der Waals surface area (Å²) in [5.41, 5.74) is 13.5. The molecule has 9 aromatic carbocycles. The Labute approximate surface area is 317 Å². The van der Waals surface area contributed by atoms with Crippen LogP contribution in [-0.4, -0.2) is 0 Å². The van der Waals surface area contributed by atoms with E-state index in [9.17, 15) is 0 Å². The van der Waals surface area contributed by atoms with E-state index in [1.54, 1.807) is 0 Å². The third kappa shape index (κ3) is 5.13. The lowest BCUT2D eigenvalue weighted by atomic mass is 9.97. The van der Waals surface area contributed by atoms with Gasteiger partial charge in [-0.15, -0.1) is 0 Å². The van der Waals surface area contributed by atoms with Crippen molar-refractivity contribution in [1.29, 1.82) is 0 Å². The van der Waals surface area contributed by atoms with Crippen molar-refractivity contribution in [3.05, 3.63) is 200 Å². The minimum atomic E-state index is 0.884. The van der Waals surface area contributed by atoms with Crippen molar-refractivity contribution in [2.75, 3.05) is 4.90 Å². The molecule has 11 aromatic rings. The van der Waals surface area contributed by atoms with Gasteiger partial charge in [0.25, 0.3) is 0 Å². The predicted octanol–water partition coefficient (Wildman–Crippen LogP) is 15.1. The van der Waals surface area contributed by atoms with Crippen molar-refractivity contribution >= 4 is 71.7 Å². The largest absolute Gasteiger partial charge is 0.456 e. The fraction of sp³-hybridized carbons (Fsp3) is 0. The second-order valence-corrected chi connectivity index (χ2v) is 14.0. The van der Waals surface area contributed by atoms with Crippen LogP contribution >= 0.6 is 0 Å². The minimum absolute atomic E-state index is 0.884. The highest BCUT2D eigenvalue weighted by atomic mass is 16.3. The monoisotopic (exact) mass is 703 g/mol. The molecule has 55 heavy (non-hydrogen) atoms. The zero-order chi connectivity index (χ0) is 36.3. The van der Waals surface area contributed by atoms with Gasteiger partial charge in [-0.25, -0.2) is 0 Å². The number of hydrogen-bond acceptors (Lipinski definition) is 3. The Kier molecular flexibility index (Phi) is 7.17. The molecule has 0 bridgehead atoms. The Morgan fingerprint density at radius 1 is 0.309 bits per heavy atom. The summed E-state index contributed by atoms with van der Waals surface area (Å²) in [7, 11) is 0. The summed E-state index contributed by atoms with van der Waals surface area (Å²) < 4.78 is 13.0. The Hall–Kier alpha value is -7.36. The SMILES string of the molecule is c1ccc(-c2ccccc2N(c2ccc(-c3ccc4oc5ccccc5c4c3)cc2)c2ccccc2-c2cccc3c2oc2c4ccccc4ccc32)cc1. The number of para-hydroxylation sites is 4. The first-order valence-corrected chi connectivity index (χ1v) is 18.7. The Morgan fingerprint density at radius 2 is 0.927 bits per heavy atom. The molecule has 11 rings (SSSR count). The van der Waals surface area contributed by atoms with E-state index in [0.717, 1.165) is 99.7 Å². The lowest BCUT2D eigenvalue weighted by molar-refractivity contribution is 0.669. The second-order valence-electron chi connectivity index (χ2n) is 14.0. The Morgan fingerprint density at radius 3 is 1.78 bits per heavy atom. The van der Waals surface area contributed by atoms with E-state index in [4.69, 9.17) is 8.83 Å². The number of rotatable bonds is 6. The van der Waals surface area contributed by atoms with Gasteiger partial charge in [-0.2, -0.15) is 0 Å². The van der Waals surface area contributed by atoms with E-state index in [0.29, 0.717) is 0 Å². The average Bonchev–Trinajstić information content (AvgIpc) is 3.83. The van der Waals surface area contributed by atoms with Gasteiger partial charge in [0, 0.05) is 49.3 Å². The van der Waals surface area contributed by atoms with Gasteiger partial charge in [0.2, 0.25) is 0 Å². The molecule has 0 unspecified atom stereocenters. The summed E-state index contributed by atoms with van der Waals surface area (Å²) in [6.07, 6.45) is 0. The molecule has 0 saturated heterocycles.